The molecule has 0 aliphatic carbocycles. The maximum Gasteiger partial charge on any atom is 0.412 e. The number of hydrogen-bond acceptors (Lipinski definition) is 3. The van der Waals surface area contributed by atoms with Gasteiger partial charge in [0.05, 0.1) is 12.2 Å². The van der Waals surface area contributed by atoms with Crippen LogP contribution in [-0.4, -0.2) is 35.3 Å². The van der Waals surface area contributed by atoms with E-state index in [0.29, 0.717) is 30.1 Å². The first-order valence-corrected chi connectivity index (χ1v) is 6.66. The van der Waals surface area contributed by atoms with E-state index in [4.69, 9.17) is 21.4 Å². The van der Waals surface area contributed by atoms with Gasteiger partial charge in [0.25, 0.3) is 0 Å². The monoisotopic (exact) mass is 296 g/mol. The number of fused-ring (bicyclic) bond motifs is 2. The van der Waals surface area contributed by atoms with Crippen LogP contribution in [-0.2, 0) is 10.3 Å². The molecule has 3 rings (SSSR count). The standard InChI is InChI=1S/C13H13ClN2O4/c14-8-2-3-10-9(6-8)13(20-11(17)15-10)4-1-5-16(7-13)12(18)19/h2-3,6H,1,4-5,7H2,(H,15,17)(H,18,19)/t13-/m0/s1. The van der Waals surface area contributed by atoms with Crippen LogP contribution in [0.3, 0.4) is 0 Å². The van der Waals surface area contributed by atoms with Crippen molar-refractivity contribution >= 4 is 29.5 Å². The molecule has 1 fully saturated rings. The molecule has 6 nitrogen and oxygen atoms in total. The molecule has 2 heterocycles. The number of ether oxygens (including phenoxy) is 1. The Bertz CT molecular complexity index is 592. The van der Waals surface area contributed by atoms with E-state index < -0.39 is 17.8 Å². The van der Waals surface area contributed by atoms with E-state index in [-0.39, 0.29) is 6.54 Å². The van der Waals surface area contributed by atoms with Crippen LogP contribution in [0.25, 0.3) is 0 Å². The van der Waals surface area contributed by atoms with Gasteiger partial charge in [-0.15, -0.1) is 0 Å². The van der Waals surface area contributed by atoms with Gasteiger partial charge in [0.2, 0.25) is 0 Å². The number of anilines is 1. The highest BCUT2D eigenvalue weighted by atomic mass is 35.5. The van der Waals surface area contributed by atoms with E-state index in [9.17, 15) is 9.59 Å². The van der Waals surface area contributed by atoms with Crippen LogP contribution in [0.2, 0.25) is 5.02 Å². The summed E-state index contributed by atoms with van der Waals surface area (Å²) in [5.41, 5.74) is 0.410. The second-order valence-corrected chi connectivity index (χ2v) is 5.44. The molecule has 2 aliphatic heterocycles. The zero-order valence-electron chi connectivity index (χ0n) is 10.6. The summed E-state index contributed by atoms with van der Waals surface area (Å²) in [4.78, 5) is 24.2. The van der Waals surface area contributed by atoms with Crippen LogP contribution in [0.5, 0.6) is 0 Å². The van der Waals surface area contributed by atoms with Gasteiger partial charge in [-0.3, -0.25) is 5.32 Å². The molecule has 0 bridgehead atoms. The number of rotatable bonds is 0. The molecule has 7 heteroatoms. The fraction of sp³-hybridized carbons (Fsp3) is 0.385. The SMILES string of the molecule is O=C1Nc2ccc(Cl)cc2[C@@]2(CCCN(C(=O)O)C2)O1. The Morgan fingerprint density at radius 3 is 3.05 bits per heavy atom. The molecule has 2 N–H and O–H groups in total. The van der Waals surface area contributed by atoms with Crippen molar-refractivity contribution in [1.29, 1.82) is 0 Å². The predicted octanol–water partition coefficient (Wildman–Crippen LogP) is 2.87. The minimum atomic E-state index is -1.01. The number of hydrogen-bond donors (Lipinski definition) is 2. The topological polar surface area (TPSA) is 78.9 Å². The third kappa shape index (κ3) is 2.06. The highest BCUT2D eigenvalue weighted by Crippen LogP contribution is 2.43. The van der Waals surface area contributed by atoms with Crippen molar-refractivity contribution < 1.29 is 19.4 Å². The summed E-state index contributed by atoms with van der Waals surface area (Å²) >= 11 is 6.02. The lowest BCUT2D eigenvalue weighted by molar-refractivity contribution is -0.0406. The molecule has 106 valence electrons. The number of nitrogens with one attached hydrogen (secondary N) is 1. The van der Waals surface area contributed by atoms with E-state index in [1.807, 2.05) is 0 Å². The number of amides is 2. The molecule has 1 saturated heterocycles. The van der Waals surface area contributed by atoms with Crippen molar-refractivity contribution in [2.45, 2.75) is 18.4 Å². The Labute approximate surface area is 120 Å². The molecule has 20 heavy (non-hydrogen) atoms. The van der Waals surface area contributed by atoms with Crippen LogP contribution in [0.1, 0.15) is 18.4 Å². The first-order chi connectivity index (χ1) is 9.50. The predicted molar refractivity (Wildman–Crippen MR) is 72.1 cm³/mol. The quantitative estimate of drug-likeness (QED) is 0.771. The summed E-state index contributed by atoms with van der Waals surface area (Å²) in [5, 5.41) is 12.3. The Morgan fingerprint density at radius 1 is 1.50 bits per heavy atom. The maximum absolute atomic E-state index is 11.7. The van der Waals surface area contributed by atoms with Gasteiger partial charge in [-0.1, -0.05) is 11.6 Å². The number of carboxylic acid groups (broad SMARTS) is 1. The number of piperidine rings is 1. The summed E-state index contributed by atoms with van der Waals surface area (Å²) in [6.45, 7) is 0.570. The average molecular weight is 297 g/mol. The Kier molecular flexibility index (Phi) is 2.97. The maximum atomic E-state index is 11.7. The third-order valence-corrected chi connectivity index (χ3v) is 3.96. The molecule has 1 spiro atoms. The van der Waals surface area contributed by atoms with Crippen molar-refractivity contribution in [2.24, 2.45) is 0 Å². The van der Waals surface area contributed by atoms with Crippen molar-refractivity contribution in [3.63, 3.8) is 0 Å². The molecule has 0 radical (unpaired) electrons. The van der Waals surface area contributed by atoms with Crippen LogP contribution in [0.4, 0.5) is 15.3 Å². The van der Waals surface area contributed by atoms with Crippen LogP contribution >= 0.6 is 11.6 Å². The van der Waals surface area contributed by atoms with Gasteiger partial charge in [-0.05, 0) is 31.0 Å². The summed E-state index contributed by atoms with van der Waals surface area (Å²) in [6, 6.07) is 5.11. The number of halogens is 1. The van der Waals surface area contributed by atoms with Gasteiger partial charge in [-0.25, -0.2) is 9.59 Å². The van der Waals surface area contributed by atoms with Crippen molar-refractivity contribution in [2.75, 3.05) is 18.4 Å². The third-order valence-electron chi connectivity index (χ3n) is 3.72. The molecule has 1 atom stereocenters. The molecule has 0 unspecified atom stereocenters. The van der Waals surface area contributed by atoms with Gasteiger partial charge in [0.15, 0.2) is 5.60 Å². The highest BCUT2D eigenvalue weighted by molar-refractivity contribution is 6.30. The van der Waals surface area contributed by atoms with Gasteiger partial charge in [0.1, 0.15) is 0 Å². The van der Waals surface area contributed by atoms with E-state index >= 15 is 0 Å². The molecule has 2 aliphatic rings. The lowest BCUT2D eigenvalue weighted by Crippen LogP contribution is -2.52. The van der Waals surface area contributed by atoms with Crippen LogP contribution in [0, 0.1) is 0 Å². The lowest BCUT2D eigenvalue weighted by atomic mass is 9.83. The van der Waals surface area contributed by atoms with Crippen LogP contribution in [0.15, 0.2) is 18.2 Å². The van der Waals surface area contributed by atoms with E-state index in [2.05, 4.69) is 5.32 Å². The molecule has 1 aromatic carbocycles. The van der Waals surface area contributed by atoms with Crippen molar-refractivity contribution in [3.05, 3.63) is 28.8 Å². The Morgan fingerprint density at radius 2 is 2.30 bits per heavy atom. The zero-order valence-corrected chi connectivity index (χ0v) is 11.3. The first kappa shape index (κ1) is 13.1. The Balaban J connectivity index is 2.06. The summed E-state index contributed by atoms with van der Waals surface area (Å²) in [6.07, 6.45) is -0.363. The molecular formula is C13H13ClN2O4. The summed E-state index contributed by atoms with van der Waals surface area (Å²) in [5.74, 6) is 0. The lowest BCUT2D eigenvalue weighted by Gasteiger charge is -2.44. The van der Waals surface area contributed by atoms with E-state index in [0.717, 1.165) is 5.56 Å². The molecule has 2 amide bonds. The smallest absolute Gasteiger partial charge is 0.412 e. The molecule has 0 aromatic heterocycles. The average Bonchev–Trinajstić information content (AvgIpc) is 2.40. The van der Waals surface area contributed by atoms with E-state index in [1.165, 1.54) is 4.90 Å². The second kappa shape index (κ2) is 4.56. The van der Waals surface area contributed by atoms with Gasteiger partial charge >= 0.3 is 12.2 Å². The number of benzene rings is 1. The minimum absolute atomic E-state index is 0.128. The van der Waals surface area contributed by atoms with E-state index in [1.54, 1.807) is 18.2 Å². The number of carbonyl (C=O) groups excluding carboxylic acids is 1. The number of nitrogens with zero attached hydrogens (tertiary/aromatic N) is 1. The number of carbonyl (C=O) groups is 2. The van der Waals surface area contributed by atoms with Crippen molar-refractivity contribution in [1.82, 2.24) is 4.90 Å². The first-order valence-electron chi connectivity index (χ1n) is 6.28. The molecule has 0 saturated carbocycles. The summed E-state index contributed by atoms with van der Waals surface area (Å²) in [7, 11) is 0. The van der Waals surface area contributed by atoms with Crippen molar-refractivity contribution in [3.8, 4) is 0 Å². The van der Waals surface area contributed by atoms with Gasteiger partial charge in [0, 0.05) is 17.1 Å². The van der Waals surface area contributed by atoms with Gasteiger partial charge < -0.3 is 14.7 Å². The molecular weight excluding hydrogens is 284 g/mol. The Hall–Kier alpha value is -1.95. The fourth-order valence-electron chi connectivity index (χ4n) is 2.86. The summed E-state index contributed by atoms with van der Waals surface area (Å²) < 4.78 is 5.46. The minimum Gasteiger partial charge on any atom is -0.465 e. The normalized spacial score (nSPS) is 24.9. The highest BCUT2D eigenvalue weighted by Gasteiger charge is 2.46. The number of likely N-dealkylation sites (tertiary alicyclic amines) is 1. The largest absolute Gasteiger partial charge is 0.465 e. The molecule has 1 aromatic rings. The van der Waals surface area contributed by atoms with Crippen LogP contribution < -0.4 is 5.32 Å². The second-order valence-electron chi connectivity index (χ2n) is 5.01. The van der Waals surface area contributed by atoms with Gasteiger partial charge in [-0.2, -0.15) is 0 Å². The zero-order chi connectivity index (χ0) is 14.3. The fourth-order valence-corrected chi connectivity index (χ4v) is 3.03.